The van der Waals surface area contributed by atoms with Gasteiger partial charge < -0.3 is 18.9 Å². The smallest absolute Gasteiger partial charge is 0.227 e. The van der Waals surface area contributed by atoms with E-state index in [4.69, 9.17) is 14.0 Å². The summed E-state index contributed by atoms with van der Waals surface area (Å²) in [6, 6.07) is 11.5. The quantitative estimate of drug-likeness (QED) is 0.400. The van der Waals surface area contributed by atoms with E-state index in [9.17, 15) is 4.79 Å². The van der Waals surface area contributed by atoms with Crippen LogP contribution in [0.2, 0.25) is 0 Å². The van der Waals surface area contributed by atoms with E-state index in [1.807, 2.05) is 52.5 Å². The first-order valence-corrected chi connectivity index (χ1v) is 11.7. The fourth-order valence-electron chi connectivity index (χ4n) is 3.30. The molecular weight excluding hydrogens is 434 g/mol. The van der Waals surface area contributed by atoms with Gasteiger partial charge in [0.1, 0.15) is 13.2 Å². The third-order valence-electron chi connectivity index (χ3n) is 4.83. The van der Waals surface area contributed by atoms with Crippen LogP contribution in [0.5, 0.6) is 11.5 Å². The Bertz CT molecular complexity index is 1160. The van der Waals surface area contributed by atoms with Gasteiger partial charge in [-0.3, -0.25) is 4.79 Å². The van der Waals surface area contributed by atoms with Crippen LogP contribution in [0.4, 0.5) is 5.69 Å². The van der Waals surface area contributed by atoms with Gasteiger partial charge in [-0.2, -0.15) is 16.3 Å². The minimum absolute atomic E-state index is 0.0274. The van der Waals surface area contributed by atoms with E-state index >= 15 is 0 Å². The van der Waals surface area contributed by atoms with E-state index in [1.54, 1.807) is 27.6 Å². The Hall–Kier alpha value is -3.17. The lowest BCUT2D eigenvalue weighted by Gasteiger charge is -2.25. The highest BCUT2D eigenvalue weighted by Crippen LogP contribution is 2.35. The first-order valence-electron chi connectivity index (χ1n) is 9.84. The molecule has 1 aromatic carbocycles. The molecule has 158 valence electrons. The molecule has 1 aliphatic heterocycles. The number of carbonyl (C=O) groups is 1. The molecule has 7 nitrogen and oxygen atoms in total. The molecule has 9 heteroatoms. The van der Waals surface area contributed by atoms with Gasteiger partial charge in [0.25, 0.3) is 0 Å². The highest BCUT2D eigenvalue weighted by atomic mass is 32.1. The van der Waals surface area contributed by atoms with Crippen LogP contribution < -0.4 is 14.4 Å². The van der Waals surface area contributed by atoms with E-state index in [1.165, 1.54) is 0 Å². The number of amides is 1. The van der Waals surface area contributed by atoms with Crippen LogP contribution in [0.1, 0.15) is 17.2 Å². The second kappa shape index (κ2) is 8.91. The van der Waals surface area contributed by atoms with Crippen molar-refractivity contribution in [1.29, 1.82) is 0 Å². The van der Waals surface area contributed by atoms with E-state index < -0.39 is 0 Å². The molecule has 0 saturated heterocycles. The largest absolute Gasteiger partial charge is 0.486 e. The maximum absolute atomic E-state index is 13.2. The Morgan fingerprint density at radius 2 is 2.00 bits per heavy atom. The van der Waals surface area contributed by atoms with Crippen molar-refractivity contribution in [2.45, 2.75) is 19.4 Å². The Balaban J connectivity index is 1.33. The highest BCUT2D eigenvalue weighted by molar-refractivity contribution is 7.10. The molecule has 0 atom stereocenters. The van der Waals surface area contributed by atoms with Crippen LogP contribution in [-0.4, -0.2) is 29.3 Å². The number of nitrogens with zero attached hydrogens (tertiary/aromatic N) is 3. The Labute approximate surface area is 186 Å². The lowest BCUT2D eigenvalue weighted by Crippen LogP contribution is -2.30. The third kappa shape index (κ3) is 4.47. The SMILES string of the molecule is O=C(CCc1nc(-c2ccsc2)no1)N(Cc1cccs1)c1ccc2c(c1)OCCO2. The summed E-state index contributed by atoms with van der Waals surface area (Å²) in [5.41, 5.74) is 1.69. The van der Waals surface area contributed by atoms with Gasteiger partial charge in [0.15, 0.2) is 11.5 Å². The summed E-state index contributed by atoms with van der Waals surface area (Å²) in [5.74, 6) is 2.33. The van der Waals surface area contributed by atoms with Crippen molar-refractivity contribution in [3.05, 3.63) is 63.3 Å². The molecule has 1 aliphatic rings. The van der Waals surface area contributed by atoms with Crippen molar-refractivity contribution >= 4 is 34.3 Å². The summed E-state index contributed by atoms with van der Waals surface area (Å²) in [6.45, 7) is 1.51. The molecule has 0 saturated carbocycles. The molecule has 0 spiro atoms. The van der Waals surface area contributed by atoms with Crippen molar-refractivity contribution in [3.8, 4) is 22.9 Å². The fourth-order valence-corrected chi connectivity index (χ4v) is 4.62. The molecular formula is C22H19N3O4S2. The molecule has 0 fully saturated rings. The summed E-state index contributed by atoms with van der Waals surface area (Å²) >= 11 is 3.19. The number of fused-ring (bicyclic) bond motifs is 1. The number of ether oxygens (including phenoxy) is 2. The molecule has 31 heavy (non-hydrogen) atoms. The monoisotopic (exact) mass is 453 g/mol. The molecule has 0 bridgehead atoms. The normalized spacial score (nSPS) is 12.6. The van der Waals surface area contributed by atoms with Crippen molar-refractivity contribution in [3.63, 3.8) is 0 Å². The minimum atomic E-state index is -0.0274. The number of aryl methyl sites for hydroxylation is 1. The maximum Gasteiger partial charge on any atom is 0.227 e. The molecule has 5 rings (SSSR count). The number of hydrogen-bond acceptors (Lipinski definition) is 8. The fraction of sp³-hybridized carbons (Fsp3) is 0.227. The van der Waals surface area contributed by atoms with Crippen LogP contribution in [0.15, 0.2) is 57.1 Å². The summed E-state index contributed by atoms with van der Waals surface area (Å²) in [6.07, 6.45) is 0.631. The predicted molar refractivity (Wildman–Crippen MR) is 119 cm³/mol. The number of hydrogen-bond donors (Lipinski definition) is 0. The second-order valence-electron chi connectivity index (χ2n) is 6.91. The summed E-state index contributed by atoms with van der Waals surface area (Å²) in [5, 5.41) is 9.95. The van der Waals surface area contributed by atoms with Gasteiger partial charge in [-0.05, 0) is 35.0 Å². The van der Waals surface area contributed by atoms with E-state index in [2.05, 4.69) is 10.1 Å². The topological polar surface area (TPSA) is 77.7 Å². The van der Waals surface area contributed by atoms with Crippen LogP contribution in [0, 0.1) is 0 Å². The first-order chi connectivity index (χ1) is 15.3. The van der Waals surface area contributed by atoms with Crippen molar-refractivity contribution < 1.29 is 18.8 Å². The highest BCUT2D eigenvalue weighted by Gasteiger charge is 2.21. The minimum Gasteiger partial charge on any atom is -0.486 e. The van der Waals surface area contributed by atoms with Gasteiger partial charge in [0.05, 0.1) is 6.54 Å². The zero-order valence-corrected chi connectivity index (χ0v) is 18.2. The van der Waals surface area contributed by atoms with E-state index in [0.717, 1.165) is 16.1 Å². The second-order valence-corrected chi connectivity index (χ2v) is 8.72. The van der Waals surface area contributed by atoms with Crippen molar-refractivity contribution in [2.24, 2.45) is 0 Å². The van der Waals surface area contributed by atoms with Crippen LogP contribution in [0.25, 0.3) is 11.4 Å². The molecule has 1 amide bonds. The van der Waals surface area contributed by atoms with Crippen molar-refractivity contribution in [1.82, 2.24) is 10.1 Å². The molecule has 0 aliphatic carbocycles. The first kappa shape index (κ1) is 19.8. The number of aromatic nitrogens is 2. The Morgan fingerprint density at radius 3 is 2.81 bits per heavy atom. The number of anilines is 1. The van der Waals surface area contributed by atoms with E-state index in [0.29, 0.717) is 49.4 Å². The van der Waals surface area contributed by atoms with Gasteiger partial charge in [0.2, 0.25) is 17.6 Å². The Kier molecular flexibility index (Phi) is 5.68. The number of rotatable bonds is 7. The zero-order valence-electron chi connectivity index (χ0n) is 16.5. The molecule has 4 aromatic rings. The predicted octanol–water partition coefficient (Wildman–Crippen LogP) is 4.80. The lowest BCUT2D eigenvalue weighted by atomic mass is 10.2. The summed E-state index contributed by atoms with van der Waals surface area (Å²) in [4.78, 5) is 20.5. The van der Waals surface area contributed by atoms with Crippen LogP contribution in [0.3, 0.4) is 0 Å². The molecule has 0 unspecified atom stereocenters. The lowest BCUT2D eigenvalue weighted by molar-refractivity contribution is -0.118. The van der Waals surface area contributed by atoms with Gasteiger partial charge in [-0.1, -0.05) is 11.2 Å². The number of thiophene rings is 2. The average molecular weight is 454 g/mol. The molecule has 0 radical (unpaired) electrons. The van der Waals surface area contributed by atoms with Crippen molar-refractivity contribution in [2.75, 3.05) is 18.1 Å². The van der Waals surface area contributed by atoms with Gasteiger partial charge in [-0.25, -0.2) is 0 Å². The molecule has 4 heterocycles. The summed E-state index contributed by atoms with van der Waals surface area (Å²) in [7, 11) is 0. The van der Waals surface area contributed by atoms with Gasteiger partial charge in [0, 0.05) is 40.4 Å². The van der Waals surface area contributed by atoms with E-state index in [-0.39, 0.29) is 12.3 Å². The van der Waals surface area contributed by atoms with Gasteiger partial charge >= 0.3 is 0 Å². The number of benzene rings is 1. The van der Waals surface area contributed by atoms with Gasteiger partial charge in [-0.15, -0.1) is 11.3 Å². The average Bonchev–Trinajstić information content (AvgIpc) is 3.58. The van der Waals surface area contributed by atoms with Crippen LogP contribution >= 0.6 is 22.7 Å². The van der Waals surface area contributed by atoms with Crippen LogP contribution in [-0.2, 0) is 17.8 Å². The standard InChI is InChI=1S/C22H19N3O4S2/c26-21(6-5-20-23-22(24-29-20)15-7-11-30-14-15)25(13-17-2-1-10-31-17)16-3-4-18-19(12-16)28-9-8-27-18/h1-4,7,10-12,14H,5-6,8-9,13H2. The zero-order chi connectivity index (χ0) is 21.0. The molecule has 3 aromatic heterocycles. The molecule has 0 N–H and O–H groups in total. The number of carbonyl (C=O) groups excluding carboxylic acids is 1. The third-order valence-corrected chi connectivity index (χ3v) is 6.38. The summed E-state index contributed by atoms with van der Waals surface area (Å²) < 4.78 is 16.7. The maximum atomic E-state index is 13.2. The Morgan fingerprint density at radius 1 is 1.10 bits per heavy atom.